The second-order valence-electron chi connectivity index (χ2n) is 3.39. The molecule has 1 aromatic heterocycles. The third-order valence-electron chi connectivity index (χ3n) is 1.47. The maximum atomic E-state index is 8.98. The molecule has 0 aromatic carbocycles. The lowest BCUT2D eigenvalue weighted by atomic mass is 10.1. The molecule has 0 saturated carbocycles. The lowest BCUT2D eigenvalue weighted by Gasteiger charge is -2.23. The SMILES string of the molecule is CC(C)(CO)Nc1ncc(Br)cn1. The number of hydrogen-bond acceptors (Lipinski definition) is 4. The molecular formula is C8H12BrN3O. The highest BCUT2D eigenvalue weighted by molar-refractivity contribution is 9.10. The third kappa shape index (κ3) is 3.28. The van der Waals surface area contributed by atoms with Gasteiger partial charge in [0.2, 0.25) is 5.95 Å². The second-order valence-corrected chi connectivity index (χ2v) is 4.31. The number of anilines is 1. The number of aromatic nitrogens is 2. The maximum absolute atomic E-state index is 8.98. The molecule has 0 radical (unpaired) electrons. The van der Waals surface area contributed by atoms with Crippen molar-refractivity contribution >= 4 is 21.9 Å². The molecule has 0 atom stereocenters. The Bertz CT molecular complexity index is 273. The Kier molecular flexibility index (Phi) is 3.22. The molecule has 4 nitrogen and oxygen atoms in total. The van der Waals surface area contributed by atoms with E-state index in [0.29, 0.717) is 5.95 Å². The van der Waals surface area contributed by atoms with Gasteiger partial charge in [0.25, 0.3) is 0 Å². The fraction of sp³-hybridized carbons (Fsp3) is 0.500. The highest BCUT2D eigenvalue weighted by Crippen LogP contribution is 2.11. The molecule has 0 saturated heterocycles. The summed E-state index contributed by atoms with van der Waals surface area (Å²) in [7, 11) is 0. The third-order valence-corrected chi connectivity index (χ3v) is 1.88. The Balaban J connectivity index is 2.69. The first-order chi connectivity index (χ1) is 6.03. The summed E-state index contributed by atoms with van der Waals surface area (Å²) in [5, 5.41) is 12.0. The molecule has 0 aliphatic carbocycles. The van der Waals surface area contributed by atoms with E-state index in [9.17, 15) is 0 Å². The fourth-order valence-corrected chi connectivity index (χ4v) is 0.924. The summed E-state index contributed by atoms with van der Waals surface area (Å²) in [6.07, 6.45) is 3.31. The molecule has 72 valence electrons. The second kappa shape index (κ2) is 4.02. The first-order valence-electron chi connectivity index (χ1n) is 3.90. The van der Waals surface area contributed by atoms with Crippen LogP contribution in [0.5, 0.6) is 0 Å². The number of aliphatic hydroxyl groups excluding tert-OH is 1. The van der Waals surface area contributed by atoms with Crippen molar-refractivity contribution in [2.24, 2.45) is 0 Å². The molecule has 0 spiro atoms. The van der Waals surface area contributed by atoms with Gasteiger partial charge in [-0.15, -0.1) is 0 Å². The lowest BCUT2D eigenvalue weighted by molar-refractivity contribution is 0.233. The Morgan fingerprint density at radius 2 is 2.00 bits per heavy atom. The standard InChI is InChI=1S/C8H12BrN3O/c1-8(2,5-13)12-7-10-3-6(9)4-11-7/h3-4,13H,5H2,1-2H3,(H,10,11,12). The zero-order valence-corrected chi connectivity index (χ0v) is 9.17. The van der Waals surface area contributed by atoms with Crippen LogP contribution in [0.3, 0.4) is 0 Å². The van der Waals surface area contributed by atoms with Crippen molar-refractivity contribution in [3.05, 3.63) is 16.9 Å². The Hall–Kier alpha value is -0.680. The average molecular weight is 246 g/mol. The van der Waals surface area contributed by atoms with Crippen LogP contribution in [-0.4, -0.2) is 27.2 Å². The molecule has 1 aromatic rings. The predicted octanol–water partition coefficient (Wildman–Crippen LogP) is 1.42. The molecule has 5 heteroatoms. The summed E-state index contributed by atoms with van der Waals surface area (Å²) in [5.74, 6) is 0.516. The quantitative estimate of drug-likeness (QED) is 0.846. The minimum atomic E-state index is -0.395. The zero-order valence-electron chi connectivity index (χ0n) is 7.58. The van der Waals surface area contributed by atoms with Gasteiger partial charge in [-0.05, 0) is 29.8 Å². The average Bonchev–Trinajstić information content (AvgIpc) is 2.09. The summed E-state index contributed by atoms with van der Waals surface area (Å²) < 4.78 is 0.833. The van der Waals surface area contributed by atoms with Gasteiger partial charge in [0, 0.05) is 12.4 Å². The van der Waals surface area contributed by atoms with E-state index in [2.05, 4.69) is 31.2 Å². The van der Waals surface area contributed by atoms with Gasteiger partial charge in [-0.3, -0.25) is 0 Å². The van der Waals surface area contributed by atoms with Gasteiger partial charge in [0.15, 0.2) is 0 Å². The number of nitrogens with zero attached hydrogens (tertiary/aromatic N) is 2. The normalized spacial score (nSPS) is 11.4. The zero-order chi connectivity index (χ0) is 9.90. The Labute approximate surface area is 85.5 Å². The summed E-state index contributed by atoms with van der Waals surface area (Å²) in [6, 6.07) is 0. The summed E-state index contributed by atoms with van der Waals surface area (Å²) >= 11 is 3.24. The molecule has 0 aliphatic rings. The smallest absolute Gasteiger partial charge is 0.223 e. The van der Waals surface area contributed by atoms with Crippen LogP contribution in [0.2, 0.25) is 0 Å². The first-order valence-corrected chi connectivity index (χ1v) is 4.69. The van der Waals surface area contributed by atoms with E-state index in [1.807, 2.05) is 13.8 Å². The van der Waals surface area contributed by atoms with Crippen LogP contribution in [0.25, 0.3) is 0 Å². The molecule has 2 N–H and O–H groups in total. The van der Waals surface area contributed by atoms with Gasteiger partial charge in [-0.25, -0.2) is 9.97 Å². The van der Waals surface area contributed by atoms with Gasteiger partial charge in [-0.1, -0.05) is 0 Å². The van der Waals surface area contributed by atoms with Crippen LogP contribution >= 0.6 is 15.9 Å². The molecule has 13 heavy (non-hydrogen) atoms. The van der Waals surface area contributed by atoms with Crippen molar-refractivity contribution in [3.63, 3.8) is 0 Å². The molecule has 0 fully saturated rings. The van der Waals surface area contributed by atoms with Gasteiger partial charge in [-0.2, -0.15) is 0 Å². The van der Waals surface area contributed by atoms with Crippen LogP contribution in [0.1, 0.15) is 13.8 Å². The molecule has 0 amide bonds. The van der Waals surface area contributed by atoms with Crippen LogP contribution < -0.4 is 5.32 Å². The van der Waals surface area contributed by atoms with E-state index in [0.717, 1.165) is 4.47 Å². The van der Waals surface area contributed by atoms with Crippen molar-refractivity contribution in [1.29, 1.82) is 0 Å². The van der Waals surface area contributed by atoms with Crippen LogP contribution in [0.15, 0.2) is 16.9 Å². The molecule has 0 unspecified atom stereocenters. The Morgan fingerprint density at radius 3 is 2.46 bits per heavy atom. The minimum Gasteiger partial charge on any atom is -0.394 e. The number of nitrogens with one attached hydrogen (secondary N) is 1. The van der Waals surface area contributed by atoms with Crippen molar-refractivity contribution in [3.8, 4) is 0 Å². The molecule has 0 aliphatic heterocycles. The lowest BCUT2D eigenvalue weighted by Crippen LogP contribution is -2.35. The van der Waals surface area contributed by atoms with Gasteiger partial charge < -0.3 is 10.4 Å². The van der Waals surface area contributed by atoms with Gasteiger partial charge in [0.05, 0.1) is 16.6 Å². The van der Waals surface area contributed by atoms with Crippen molar-refractivity contribution in [2.75, 3.05) is 11.9 Å². The number of rotatable bonds is 3. The first kappa shape index (κ1) is 10.4. The largest absolute Gasteiger partial charge is 0.394 e. The fourth-order valence-electron chi connectivity index (χ4n) is 0.719. The Morgan fingerprint density at radius 1 is 1.46 bits per heavy atom. The van der Waals surface area contributed by atoms with E-state index >= 15 is 0 Å². The number of halogens is 1. The van der Waals surface area contributed by atoms with E-state index in [1.165, 1.54) is 0 Å². The monoisotopic (exact) mass is 245 g/mol. The van der Waals surface area contributed by atoms with Gasteiger partial charge >= 0.3 is 0 Å². The predicted molar refractivity (Wildman–Crippen MR) is 54.5 cm³/mol. The van der Waals surface area contributed by atoms with Crippen LogP contribution in [0.4, 0.5) is 5.95 Å². The minimum absolute atomic E-state index is 0.0342. The van der Waals surface area contributed by atoms with E-state index < -0.39 is 5.54 Å². The maximum Gasteiger partial charge on any atom is 0.223 e. The van der Waals surface area contributed by atoms with E-state index in [1.54, 1.807) is 12.4 Å². The summed E-state index contributed by atoms with van der Waals surface area (Å²) in [4.78, 5) is 8.06. The highest BCUT2D eigenvalue weighted by Gasteiger charge is 2.16. The van der Waals surface area contributed by atoms with Crippen molar-refractivity contribution < 1.29 is 5.11 Å². The molecule has 1 rings (SSSR count). The molecule has 1 heterocycles. The summed E-state index contributed by atoms with van der Waals surface area (Å²) in [6.45, 7) is 3.78. The number of aliphatic hydroxyl groups is 1. The van der Waals surface area contributed by atoms with Crippen molar-refractivity contribution in [1.82, 2.24) is 9.97 Å². The van der Waals surface area contributed by atoms with E-state index in [4.69, 9.17) is 5.11 Å². The molecule has 0 bridgehead atoms. The highest BCUT2D eigenvalue weighted by atomic mass is 79.9. The van der Waals surface area contributed by atoms with E-state index in [-0.39, 0.29) is 6.61 Å². The molecular weight excluding hydrogens is 234 g/mol. The topological polar surface area (TPSA) is 58.0 Å². The van der Waals surface area contributed by atoms with Gasteiger partial charge in [0.1, 0.15) is 0 Å². The van der Waals surface area contributed by atoms with Crippen LogP contribution in [0, 0.1) is 0 Å². The number of hydrogen-bond donors (Lipinski definition) is 2. The van der Waals surface area contributed by atoms with Crippen LogP contribution in [-0.2, 0) is 0 Å². The summed E-state index contributed by atoms with van der Waals surface area (Å²) in [5.41, 5.74) is -0.395. The van der Waals surface area contributed by atoms with Crippen molar-refractivity contribution in [2.45, 2.75) is 19.4 Å².